The van der Waals surface area contributed by atoms with Crippen molar-refractivity contribution in [3.63, 3.8) is 0 Å². The fourth-order valence-corrected chi connectivity index (χ4v) is 4.08. The quantitative estimate of drug-likeness (QED) is 0.495. The van der Waals surface area contributed by atoms with E-state index in [2.05, 4.69) is 0 Å². The molecule has 32 heavy (non-hydrogen) atoms. The standard InChI is InChI=1S/C25H32N2O5/c1-7-18-21-19(9-8-10-20(21)28)27(22(18)24(30)32-26(5)6)15-16-11-13-17(14-12-16)23(29)31-25(2,3)4/h11-14H,7-10,15H2,1-6H3. The minimum absolute atomic E-state index is 0.0843. The summed E-state index contributed by atoms with van der Waals surface area (Å²) in [6.45, 7) is 7.84. The molecule has 0 aliphatic heterocycles. The van der Waals surface area contributed by atoms with Crippen molar-refractivity contribution in [3.8, 4) is 0 Å². The van der Waals surface area contributed by atoms with Gasteiger partial charge in [-0.2, -0.15) is 0 Å². The zero-order valence-corrected chi connectivity index (χ0v) is 19.8. The molecular formula is C25H32N2O5. The summed E-state index contributed by atoms with van der Waals surface area (Å²) in [6, 6.07) is 7.15. The molecule has 7 nitrogen and oxygen atoms in total. The van der Waals surface area contributed by atoms with Crippen molar-refractivity contribution in [1.29, 1.82) is 0 Å². The number of hydrogen-bond acceptors (Lipinski definition) is 6. The van der Waals surface area contributed by atoms with Crippen LogP contribution in [0.15, 0.2) is 24.3 Å². The third kappa shape index (κ3) is 5.10. The normalized spacial score (nSPS) is 13.8. The van der Waals surface area contributed by atoms with Crippen molar-refractivity contribution in [2.24, 2.45) is 0 Å². The van der Waals surface area contributed by atoms with Gasteiger partial charge in [-0.3, -0.25) is 4.79 Å². The molecule has 1 aromatic heterocycles. The summed E-state index contributed by atoms with van der Waals surface area (Å²) in [5.41, 5.74) is 3.56. The van der Waals surface area contributed by atoms with Crippen LogP contribution in [0.25, 0.3) is 0 Å². The lowest BCUT2D eigenvalue weighted by Gasteiger charge is -2.20. The fraction of sp³-hybridized carbons (Fsp3) is 0.480. The lowest BCUT2D eigenvalue weighted by Crippen LogP contribution is -2.24. The van der Waals surface area contributed by atoms with Gasteiger partial charge < -0.3 is 14.1 Å². The number of hydrogen-bond donors (Lipinski definition) is 0. The highest BCUT2D eigenvalue weighted by Crippen LogP contribution is 2.32. The maximum atomic E-state index is 13.0. The van der Waals surface area contributed by atoms with E-state index in [0.29, 0.717) is 36.2 Å². The molecule has 0 spiro atoms. The lowest BCUT2D eigenvalue weighted by molar-refractivity contribution is -0.0722. The molecule has 1 aliphatic rings. The average molecular weight is 441 g/mol. The van der Waals surface area contributed by atoms with Crippen molar-refractivity contribution in [1.82, 2.24) is 9.63 Å². The molecule has 0 unspecified atom stereocenters. The third-order valence-corrected chi connectivity index (χ3v) is 5.31. The minimum atomic E-state index is -0.565. The summed E-state index contributed by atoms with van der Waals surface area (Å²) in [7, 11) is 3.30. The summed E-state index contributed by atoms with van der Waals surface area (Å²) < 4.78 is 7.34. The van der Waals surface area contributed by atoms with Crippen LogP contribution in [0.5, 0.6) is 0 Å². The molecule has 0 fully saturated rings. The summed E-state index contributed by atoms with van der Waals surface area (Å²) in [5, 5.41) is 1.36. The number of ether oxygens (including phenoxy) is 1. The molecular weight excluding hydrogens is 408 g/mol. The van der Waals surface area contributed by atoms with Crippen LogP contribution >= 0.6 is 0 Å². The number of aromatic nitrogens is 1. The first-order chi connectivity index (χ1) is 15.0. The van der Waals surface area contributed by atoms with E-state index in [9.17, 15) is 14.4 Å². The van der Waals surface area contributed by atoms with Gasteiger partial charge in [-0.25, -0.2) is 9.59 Å². The summed E-state index contributed by atoms with van der Waals surface area (Å²) in [5.74, 6) is -0.767. The number of nitrogens with zero attached hydrogens (tertiary/aromatic N) is 2. The molecule has 172 valence electrons. The van der Waals surface area contributed by atoms with E-state index in [0.717, 1.165) is 29.7 Å². The van der Waals surface area contributed by atoms with Crippen LogP contribution in [-0.4, -0.2) is 47.0 Å². The molecule has 0 saturated heterocycles. The molecule has 2 aromatic rings. The van der Waals surface area contributed by atoms with Crippen LogP contribution in [0.2, 0.25) is 0 Å². The van der Waals surface area contributed by atoms with Crippen LogP contribution in [0.4, 0.5) is 0 Å². The second kappa shape index (κ2) is 9.28. The van der Waals surface area contributed by atoms with Gasteiger partial charge in [-0.05, 0) is 63.3 Å². The molecule has 0 bridgehead atoms. The predicted octanol–water partition coefficient (Wildman–Crippen LogP) is 4.21. The fourth-order valence-electron chi connectivity index (χ4n) is 4.08. The second-order valence-electron chi connectivity index (χ2n) is 9.26. The van der Waals surface area contributed by atoms with Crippen molar-refractivity contribution in [3.05, 3.63) is 57.9 Å². The van der Waals surface area contributed by atoms with E-state index in [1.165, 1.54) is 5.06 Å². The van der Waals surface area contributed by atoms with Gasteiger partial charge in [0.15, 0.2) is 5.78 Å². The van der Waals surface area contributed by atoms with Crippen molar-refractivity contribution < 1.29 is 24.0 Å². The molecule has 0 saturated carbocycles. The van der Waals surface area contributed by atoms with Crippen LogP contribution in [0.1, 0.15) is 88.6 Å². The first-order valence-electron chi connectivity index (χ1n) is 11.0. The molecule has 1 aromatic carbocycles. The number of ketones is 1. The minimum Gasteiger partial charge on any atom is -0.456 e. The van der Waals surface area contributed by atoms with Crippen molar-refractivity contribution in [2.75, 3.05) is 14.1 Å². The summed E-state index contributed by atoms with van der Waals surface area (Å²) in [4.78, 5) is 43.4. The molecule has 1 aliphatic carbocycles. The van der Waals surface area contributed by atoms with Crippen molar-refractivity contribution >= 4 is 17.7 Å². The Balaban J connectivity index is 1.99. The topological polar surface area (TPSA) is 77.8 Å². The zero-order valence-electron chi connectivity index (χ0n) is 19.8. The van der Waals surface area contributed by atoms with E-state index in [1.54, 1.807) is 26.2 Å². The second-order valence-corrected chi connectivity index (χ2v) is 9.26. The monoisotopic (exact) mass is 440 g/mol. The van der Waals surface area contributed by atoms with E-state index in [4.69, 9.17) is 9.57 Å². The Hall–Kier alpha value is -2.93. The molecule has 7 heteroatoms. The molecule has 0 atom stereocenters. The average Bonchev–Trinajstić information content (AvgIpc) is 3.01. The molecule has 1 heterocycles. The van der Waals surface area contributed by atoms with Crippen LogP contribution in [0, 0.1) is 0 Å². The SMILES string of the molecule is CCc1c2c(n(Cc3ccc(C(=O)OC(C)(C)C)cc3)c1C(=O)ON(C)C)CCCC2=O. The number of carbonyl (C=O) groups excluding carboxylic acids is 3. The van der Waals surface area contributed by atoms with E-state index in [1.807, 2.05) is 44.4 Å². The maximum absolute atomic E-state index is 13.0. The molecule has 3 rings (SSSR count). The Morgan fingerprint density at radius 3 is 2.28 bits per heavy atom. The van der Waals surface area contributed by atoms with E-state index >= 15 is 0 Å². The van der Waals surface area contributed by atoms with Crippen LogP contribution in [-0.2, 0) is 29.0 Å². The molecule has 0 radical (unpaired) electrons. The zero-order chi connectivity index (χ0) is 23.6. The summed E-state index contributed by atoms with van der Waals surface area (Å²) >= 11 is 0. The third-order valence-electron chi connectivity index (χ3n) is 5.31. The van der Waals surface area contributed by atoms with Gasteiger partial charge >= 0.3 is 11.9 Å². The Labute approximate surface area is 189 Å². The van der Waals surface area contributed by atoms with Gasteiger partial charge in [0.2, 0.25) is 0 Å². The highest BCUT2D eigenvalue weighted by Gasteiger charge is 2.32. The number of hydroxylamine groups is 2. The Kier molecular flexibility index (Phi) is 6.88. The molecule has 0 amide bonds. The predicted molar refractivity (Wildman–Crippen MR) is 121 cm³/mol. The van der Waals surface area contributed by atoms with Crippen molar-refractivity contribution in [2.45, 2.75) is 65.5 Å². The number of Topliss-reactive ketones (excluding diaryl/α,β-unsaturated/α-hetero) is 1. The maximum Gasteiger partial charge on any atom is 0.374 e. The Morgan fingerprint density at radius 1 is 1.06 bits per heavy atom. The van der Waals surface area contributed by atoms with Gasteiger partial charge in [0, 0.05) is 38.3 Å². The number of esters is 1. The van der Waals surface area contributed by atoms with Gasteiger partial charge in [0.05, 0.1) is 5.56 Å². The van der Waals surface area contributed by atoms with Crippen LogP contribution in [0.3, 0.4) is 0 Å². The number of benzene rings is 1. The Morgan fingerprint density at radius 2 is 1.72 bits per heavy atom. The Bertz CT molecular complexity index is 1030. The smallest absolute Gasteiger partial charge is 0.374 e. The largest absolute Gasteiger partial charge is 0.456 e. The highest BCUT2D eigenvalue weighted by molar-refractivity contribution is 6.03. The first-order valence-corrected chi connectivity index (χ1v) is 11.0. The van der Waals surface area contributed by atoms with Crippen LogP contribution < -0.4 is 0 Å². The first kappa shape index (κ1) is 23.7. The van der Waals surface area contributed by atoms with Gasteiger partial charge in [-0.15, -0.1) is 5.06 Å². The lowest BCUT2D eigenvalue weighted by atomic mass is 9.92. The summed E-state index contributed by atoms with van der Waals surface area (Å²) in [6.07, 6.45) is 2.56. The van der Waals surface area contributed by atoms with E-state index in [-0.39, 0.29) is 11.8 Å². The molecule has 0 N–H and O–H groups in total. The van der Waals surface area contributed by atoms with E-state index < -0.39 is 11.6 Å². The van der Waals surface area contributed by atoms with Gasteiger partial charge in [0.1, 0.15) is 11.3 Å². The number of fused-ring (bicyclic) bond motifs is 1. The number of rotatable bonds is 6. The van der Waals surface area contributed by atoms with Gasteiger partial charge in [0.25, 0.3) is 0 Å². The van der Waals surface area contributed by atoms with Gasteiger partial charge in [-0.1, -0.05) is 19.1 Å². The number of carbonyl (C=O) groups is 3. The highest BCUT2D eigenvalue weighted by atomic mass is 16.7.